The number of ether oxygens (including phenoxy) is 6. The molecule has 0 unspecified atom stereocenters. The molecule has 84 heavy (non-hydrogen) atoms. The third kappa shape index (κ3) is 18.7. The van der Waals surface area contributed by atoms with E-state index in [-0.39, 0.29) is 21.4 Å². The van der Waals surface area contributed by atoms with Crippen LogP contribution in [0.4, 0.5) is 0 Å². The van der Waals surface area contributed by atoms with Gasteiger partial charge in [0.25, 0.3) is 23.6 Å². The van der Waals surface area contributed by atoms with Crippen LogP contribution >= 0.6 is 24.4 Å². The number of unbranched alkanes of at least 4 members (excludes halogenated alkanes) is 18. The zero-order valence-electron chi connectivity index (χ0n) is 52.0. The van der Waals surface area contributed by atoms with E-state index in [1.807, 2.05) is 76.3 Å². The molecule has 16 heteroatoms. The molecule has 0 aliphatic carbocycles. The predicted molar refractivity (Wildman–Crippen MR) is 349 cm³/mol. The molecule has 3 aromatic rings. The lowest BCUT2D eigenvalue weighted by molar-refractivity contribution is -0.135. The maximum absolute atomic E-state index is 13.7. The fourth-order valence-corrected chi connectivity index (χ4v) is 11.3. The number of thiocarbonyl (C=S) groups is 2. The first-order valence-corrected chi connectivity index (χ1v) is 31.7. The van der Waals surface area contributed by atoms with Crippen molar-refractivity contribution in [3.63, 3.8) is 0 Å². The van der Waals surface area contributed by atoms with E-state index >= 15 is 0 Å². The summed E-state index contributed by atoms with van der Waals surface area (Å²) in [6, 6.07) is 11.2. The molecule has 14 nitrogen and oxygen atoms in total. The minimum absolute atomic E-state index is 0.0185. The molecular weight excluding hydrogens is 1100 g/mol. The zero-order valence-corrected chi connectivity index (χ0v) is 53.6. The Bertz CT molecular complexity index is 2590. The van der Waals surface area contributed by atoms with Crippen LogP contribution < -0.4 is 28.4 Å². The number of methoxy groups -OCH3 is 4. The van der Waals surface area contributed by atoms with Crippen LogP contribution in [0.2, 0.25) is 0 Å². The number of hydrogen-bond acceptors (Lipinski definition) is 12. The van der Waals surface area contributed by atoms with Gasteiger partial charge in [-0.05, 0) is 114 Å². The van der Waals surface area contributed by atoms with Crippen molar-refractivity contribution in [2.45, 2.75) is 170 Å². The molecule has 2 saturated heterocycles. The summed E-state index contributed by atoms with van der Waals surface area (Å²) in [7, 11) is 6.25. The van der Waals surface area contributed by atoms with Crippen molar-refractivity contribution in [3.05, 3.63) is 80.9 Å². The maximum atomic E-state index is 13.7. The highest BCUT2D eigenvalue weighted by Crippen LogP contribution is 2.38. The number of hydrogen-bond donors (Lipinski definition) is 0. The Morgan fingerprint density at radius 1 is 0.333 bits per heavy atom. The van der Waals surface area contributed by atoms with Gasteiger partial charge < -0.3 is 28.4 Å². The second-order valence-electron chi connectivity index (χ2n) is 21.2. The first-order chi connectivity index (χ1) is 40.8. The molecule has 0 aromatic heterocycles. The van der Waals surface area contributed by atoms with Crippen molar-refractivity contribution in [1.29, 1.82) is 0 Å². The molecule has 2 aliphatic rings. The normalized spacial score (nSPS) is 14.0. The monoisotopic (exact) mass is 1190 g/mol. The fourth-order valence-electron chi connectivity index (χ4n) is 10.5. The van der Waals surface area contributed by atoms with E-state index in [9.17, 15) is 19.2 Å². The van der Waals surface area contributed by atoms with Crippen LogP contribution in [0.15, 0.2) is 47.5 Å². The molecule has 2 fully saturated rings. The van der Waals surface area contributed by atoms with Crippen molar-refractivity contribution < 1.29 is 47.6 Å². The van der Waals surface area contributed by atoms with E-state index in [1.54, 1.807) is 52.7 Å². The standard InChI is InChI=1S/C68H94N4O10S2/c1-11-17-19-21-23-25-27-29-31-33-39-81-61-45-52(38-36-50-44-60(80-10)54(48-58(50)78-8)42-56-65(75)71(15-5)68(84)72(16-6)66(56)76)62(82-40-34-32-30-28-26-24-22-20-18-12-2)46-51(61)37-35-49-43-59(79-9)53(47-57(49)77-7)41-55-63(73)69(13-3)67(83)70(14-4)64(55)74/h35-38,41-48H,11-34,39-40H2,1-10H3/b37-35+,38-36+. The van der Waals surface area contributed by atoms with Crippen LogP contribution in [0.5, 0.6) is 34.5 Å². The van der Waals surface area contributed by atoms with Gasteiger partial charge in [0.2, 0.25) is 0 Å². The van der Waals surface area contributed by atoms with Gasteiger partial charge in [-0.25, -0.2) is 0 Å². The number of nitrogens with zero attached hydrogens (tertiary/aromatic N) is 4. The van der Waals surface area contributed by atoms with E-state index in [0.29, 0.717) is 96.1 Å². The number of benzene rings is 3. The van der Waals surface area contributed by atoms with Gasteiger partial charge in [-0.1, -0.05) is 154 Å². The molecule has 0 atom stereocenters. The summed E-state index contributed by atoms with van der Waals surface area (Å²) in [5.74, 6) is 1.31. The molecule has 458 valence electrons. The summed E-state index contributed by atoms with van der Waals surface area (Å²) >= 11 is 11.0. The summed E-state index contributed by atoms with van der Waals surface area (Å²) < 4.78 is 37.2. The Morgan fingerprint density at radius 2 is 0.560 bits per heavy atom. The average Bonchev–Trinajstić information content (AvgIpc) is 3.26. The second-order valence-corrected chi connectivity index (χ2v) is 21.9. The Labute approximate surface area is 512 Å². The van der Waals surface area contributed by atoms with E-state index < -0.39 is 23.6 Å². The van der Waals surface area contributed by atoms with Crippen LogP contribution in [-0.2, 0) is 19.2 Å². The summed E-state index contributed by atoms with van der Waals surface area (Å²) in [4.78, 5) is 60.3. The SMILES string of the molecule is CCCCCCCCCCCCOc1cc(/C=C/c2cc(OC)c(C=C3C(=O)N(CC)C(=S)N(CC)C3=O)cc2OC)c(OCCCCCCCCCCCC)cc1/C=C/c1cc(OC)c(C=C2C(=O)N(CC)C(=S)N(CC)C2=O)cc1OC. The third-order valence-electron chi connectivity index (χ3n) is 15.4. The van der Waals surface area contributed by atoms with Crippen molar-refractivity contribution in [2.75, 3.05) is 67.8 Å². The van der Waals surface area contributed by atoms with Crippen LogP contribution in [0.3, 0.4) is 0 Å². The van der Waals surface area contributed by atoms with Crippen molar-refractivity contribution in [1.82, 2.24) is 19.6 Å². The van der Waals surface area contributed by atoms with Crippen molar-refractivity contribution in [2.24, 2.45) is 0 Å². The smallest absolute Gasteiger partial charge is 0.265 e. The number of amides is 4. The largest absolute Gasteiger partial charge is 0.496 e. The highest BCUT2D eigenvalue weighted by molar-refractivity contribution is 7.80. The van der Waals surface area contributed by atoms with Gasteiger partial charge in [-0.3, -0.25) is 38.8 Å². The third-order valence-corrected chi connectivity index (χ3v) is 16.3. The summed E-state index contributed by atoms with van der Waals surface area (Å²) in [6.45, 7) is 14.1. The molecule has 2 heterocycles. The molecular formula is C68H94N4O10S2. The van der Waals surface area contributed by atoms with Crippen molar-refractivity contribution >= 4 is 94.7 Å². The topological polar surface area (TPSA) is 137 Å². The van der Waals surface area contributed by atoms with Crippen molar-refractivity contribution in [3.8, 4) is 34.5 Å². The lowest BCUT2D eigenvalue weighted by Gasteiger charge is -2.35. The Balaban J connectivity index is 1.56. The number of carbonyl (C=O) groups excluding carboxylic acids is 4. The molecule has 0 bridgehead atoms. The average molecular weight is 1190 g/mol. The van der Waals surface area contributed by atoms with Crippen LogP contribution in [0, 0.1) is 0 Å². The summed E-state index contributed by atoms with van der Waals surface area (Å²) in [5, 5.41) is 0.379. The van der Waals surface area contributed by atoms with Crippen LogP contribution in [0.25, 0.3) is 36.5 Å². The van der Waals surface area contributed by atoms with E-state index in [0.717, 1.165) is 49.7 Å². The molecule has 0 radical (unpaired) electrons. The number of likely N-dealkylation sites (N-methyl/N-ethyl adjacent to an activating group) is 4. The minimum atomic E-state index is -0.465. The highest BCUT2D eigenvalue weighted by Gasteiger charge is 2.39. The lowest BCUT2D eigenvalue weighted by atomic mass is 10.0. The van der Waals surface area contributed by atoms with E-state index in [1.165, 1.54) is 109 Å². The molecule has 5 rings (SSSR count). The molecule has 0 saturated carbocycles. The molecule has 0 N–H and O–H groups in total. The highest BCUT2D eigenvalue weighted by atomic mass is 32.1. The minimum Gasteiger partial charge on any atom is -0.496 e. The first kappa shape index (κ1) is 68.3. The predicted octanol–water partition coefficient (Wildman–Crippen LogP) is 15.4. The molecule has 2 aliphatic heterocycles. The first-order valence-electron chi connectivity index (χ1n) is 30.9. The summed E-state index contributed by atoms with van der Waals surface area (Å²) in [5.41, 5.74) is 3.89. The van der Waals surface area contributed by atoms with Gasteiger partial charge in [-0.15, -0.1) is 0 Å². The van der Waals surface area contributed by atoms with Gasteiger partial charge in [-0.2, -0.15) is 0 Å². The summed E-state index contributed by atoms with van der Waals surface area (Å²) in [6.07, 6.45) is 35.0. The quantitative estimate of drug-likeness (QED) is 0.0178. The van der Waals surface area contributed by atoms with Gasteiger partial charge >= 0.3 is 0 Å². The lowest BCUT2D eigenvalue weighted by Crippen LogP contribution is -2.55. The number of rotatable bonds is 38. The van der Waals surface area contributed by atoms with E-state index in [2.05, 4.69) is 13.8 Å². The molecule has 4 amide bonds. The van der Waals surface area contributed by atoms with Crippen LogP contribution in [-0.4, -0.2) is 121 Å². The zero-order chi connectivity index (χ0) is 61.0. The fraction of sp³-hybridized carbons (Fsp3) is 0.529. The van der Waals surface area contributed by atoms with Gasteiger partial charge in [0, 0.05) is 59.6 Å². The van der Waals surface area contributed by atoms with E-state index in [4.69, 9.17) is 52.9 Å². The Hall–Kier alpha value is -6.52. The number of carbonyl (C=O) groups is 4. The molecule has 0 spiro atoms. The molecule has 3 aromatic carbocycles. The van der Waals surface area contributed by atoms with Gasteiger partial charge in [0.15, 0.2) is 10.2 Å². The Kier molecular flexibility index (Phi) is 29.5. The maximum Gasteiger partial charge on any atom is 0.265 e. The van der Waals surface area contributed by atoms with Gasteiger partial charge in [0.05, 0.1) is 41.7 Å². The second kappa shape index (κ2) is 36.4. The van der Waals surface area contributed by atoms with Gasteiger partial charge in [0.1, 0.15) is 45.6 Å². The van der Waals surface area contributed by atoms with Crippen LogP contribution in [0.1, 0.15) is 203 Å². The Morgan fingerprint density at radius 3 is 0.821 bits per heavy atom.